The minimum Gasteiger partial charge on any atom is -0.496 e. The van der Waals surface area contributed by atoms with Gasteiger partial charge < -0.3 is 19.9 Å². The molecule has 33 heavy (non-hydrogen) atoms. The number of piperazine rings is 1. The summed E-state index contributed by atoms with van der Waals surface area (Å²) in [5.74, 6) is 0.236. The van der Waals surface area contributed by atoms with Crippen LogP contribution in [0.1, 0.15) is 20.7 Å². The van der Waals surface area contributed by atoms with Gasteiger partial charge in [-0.2, -0.15) is 0 Å². The molecule has 0 aliphatic carbocycles. The summed E-state index contributed by atoms with van der Waals surface area (Å²) in [6.07, 6.45) is 0. The standard InChI is InChI=1S/C25H23Cl2N3O3/c1-33-23-11-6-19(27)16-22(23)25(32)30-14-12-29(13-15-30)21-9-7-20(8-10-21)28-24(31)17-2-4-18(26)5-3-17/h2-11,16H,12-15H2,1H3,(H,28,31). The summed E-state index contributed by atoms with van der Waals surface area (Å²) in [6.45, 7) is 2.57. The number of anilines is 2. The lowest BCUT2D eigenvalue weighted by Crippen LogP contribution is -2.48. The topological polar surface area (TPSA) is 61.9 Å². The Labute approximate surface area is 202 Å². The fourth-order valence-corrected chi connectivity index (χ4v) is 4.04. The SMILES string of the molecule is COc1ccc(Cl)cc1C(=O)N1CCN(c2ccc(NC(=O)c3ccc(Cl)cc3)cc2)CC1. The van der Waals surface area contributed by atoms with Crippen LogP contribution in [0, 0.1) is 0 Å². The lowest BCUT2D eigenvalue weighted by molar-refractivity contribution is 0.0743. The lowest BCUT2D eigenvalue weighted by atomic mass is 10.1. The molecule has 4 rings (SSSR count). The number of ether oxygens (including phenoxy) is 1. The minimum absolute atomic E-state index is 0.0886. The van der Waals surface area contributed by atoms with Gasteiger partial charge in [0.25, 0.3) is 11.8 Å². The Bertz CT molecular complexity index is 1140. The van der Waals surface area contributed by atoms with Crippen molar-refractivity contribution in [3.63, 3.8) is 0 Å². The van der Waals surface area contributed by atoms with Crippen molar-refractivity contribution in [2.75, 3.05) is 43.5 Å². The Morgan fingerprint density at radius 1 is 0.848 bits per heavy atom. The molecule has 1 N–H and O–H groups in total. The average molecular weight is 484 g/mol. The molecular weight excluding hydrogens is 461 g/mol. The Hall–Kier alpha value is -3.22. The van der Waals surface area contributed by atoms with Gasteiger partial charge in [0.05, 0.1) is 12.7 Å². The van der Waals surface area contributed by atoms with Gasteiger partial charge in [-0.15, -0.1) is 0 Å². The van der Waals surface area contributed by atoms with E-state index in [9.17, 15) is 9.59 Å². The molecule has 0 atom stereocenters. The summed E-state index contributed by atoms with van der Waals surface area (Å²) in [7, 11) is 1.54. The van der Waals surface area contributed by atoms with Crippen LogP contribution in [0.15, 0.2) is 66.7 Å². The zero-order valence-electron chi connectivity index (χ0n) is 18.1. The Morgan fingerprint density at radius 3 is 2.12 bits per heavy atom. The molecule has 0 radical (unpaired) electrons. The maximum atomic E-state index is 13.0. The van der Waals surface area contributed by atoms with Gasteiger partial charge in [0.1, 0.15) is 5.75 Å². The van der Waals surface area contributed by atoms with Crippen molar-refractivity contribution >= 4 is 46.4 Å². The first-order chi connectivity index (χ1) is 15.9. The summed E-state index contributed by atoms with van der Waals surface area (Å²) in [5.41, 5.74) is 2.76. The molecule has 8 heteroatoms. The molecule has 1 heterocycles. The highest BCUT2D eigenvalue weighted by Crippen LogP contribution is 2.26. The molecule has 6 nitrogen and oxygen atoms in total. The minimum atomic E-state index is -0.192. The number of halogens is 2. The second-order valence-electron chi connectivity index (χ2n) is 7.63. The van der Waals surface area contributed by atoms with Gasteiger partial charge in [0.15, 0.2) is 0 Å². The van der Waals surface area contributed by atoms with E-state index in [2.05, 4.69) is 10.2 Å². The van der Waals surface area contributed by atoms with Crippen molar-refractivity contribution in [2.45, 2.75) is 0 Å². The van der Waals surface area contributed by atoms with Gasteiger partial charge in [-0.3, -0.25) is 9.59 Å². The van der Waals surface area contributed by atoms with Gasteiger partial charge in [-0.25, -0.2) is 0 Å². The van der Waals surface area contributed by atoms with E-state index in [0.717, 1.165) is 5.69 Å². The first-order valence-electron chi connectivity index (χ1n) is 10.5. The molecule has 0 unspecified atom stereocenters. The Morgan fingerprint density at radius 2 is 1.48 bits per heavy atom. The first kappa shape index (κ1) is 23.0. The molecule has 1 aliphatic heterocycles. The van der Waals surface area contributed by atoms with E-state index in [1.807, 2.05) is 29.2 Å². The highest BCUT2D eigenvalue weighted by Gasteiger charge is 2.24. The highest BCUT2D eigenvalue weighted by atomic mass is 35.5. The number of hydrogen-bond donors (Lipinski definition) is 1. The van der Waals surface area contributed by atoms with E-state index >= 15 is 0 Å². The van der Waals surface area contributed by atoms with E-state index in [-0.39, 0.29) is 11.8 Å². The lowest BCUT2D eigenvalue weighted by Gasteiger charge is -2.36. The predicted molar refractivity (Wildman–Crippen MR) is 132 cm³/mol. The van der Waals surface area contributed by atoms with Crippen LogP contribution >= 0.6 is 23.2 Å². The highest BCUT2D eigenvalue weighted by molar-refractivity contribution is 6.31. The molecule has 0 saturated carbocycles. The Balaban J connectivity index is 1.35. The van der Waals surface area contributed by atoms with Crippen LogP contribution in [-0.4, -0.2) is 50.0 Å². The third-order valence-corrected chi connectivity index (χ3v) is 6.04. The molecule has 2 amide bonds. The van der Waals surface area contributed by atoms with Crippen LogP contribution in [0.3, 0.4) is 0 Å². The van der Waals surface area contributed by atoms with E-state index in [4.69, 9.17) is 27.9 Å². The average Bonchev–Trinajstić information content (AvgIpc) is 2.84. The smallest absolute Gasteiger partial charge is 0.257 e. The predicted octanol–water partition coefficient (Wildman–Crippen LogP) is 5.22. The molecule has 1 fully saturated rings. The molecule has 1 saturated heterocycles. The molecule has 0 aromatic heterocycles. The molecule has 0 bridgehead atoms. The van der Waals surface area contributed by atoms with Crippen molar-refractivity contribution in [1.29, 1.82) is 0 Å². The van der Waals surface area contributed by atoms with Crippen LogP contribution in [0.25, 0.3) is 0 Å². The third-order valence-electron chi connectivity index (χ3n) is 5.56. The molecule has 0 spiro atoms. The first-order valence-corrected chi connectivity index (χ1v) is 11.2. The van der Waals surface area contributed by atoms with Crippen LogP contribution in [0.4, 0.5) is 11.4 Å². The summed E-state index contributed by atoms with van der Waals surface area (Å²) in [5, 5.41) is 3.98. The number of amides is 2. The van der Waals surface area contributed by atoms with Crippen molar-refractivity contribution in [2.24, 2.45) is 0 Å². The zero-order valence-corrected chi connectivity index (χ0v) is 19.6. The molecular formula is C25H23Cl2N3O3. The number of carbonyl (C=O) groups excluding carboxylic acids is 2. The van der Waals surface area contributed by atoms with E-state index in [1.165, 1.54) is 0 Å². The van der Waals surface area contributed by atoms with E-state index in [1.54, 1.807) is 49.6 Å². The van der Waals surface area contributed by atoms with Crippen molar-refractivity contribution in [3.8, 4) is 5.75 Å². The van der Waals surface area contributed by atoms with Crippen LogP contribution < -0.4 is 15.0 Å². The van der Waals surface area contributed by atoms with Gasteiger partial charge >= 0.3 is 0 Å². The number of methoxy groups -OCH3 is 1. The second-order valence-corrected chi connectivity index (χ2v) is 8.50. The number of nitrogens with zero attached hydrogens (tertiary/aromatic N) is 2. The number of nitrogens with one attached hydrogen (secondary N) is 1. The van der Waals surface area contributed by atoms with Gasteiger partial charge in [0.2, 0.25) is 0 Å². The number of hydrogen-bond acceptors (Lipinski definition) is 4. The van der Waals surface area contributed by atoms with Crippen LogP contribution in [0.2, 0.25) is 10.0 Å². The molecule has 1 aliphatic rings. The molecule has 170 valence electrons. The molecule has 3 aromatic rings. The quantitative estimate of drug-likeness (QED) is 0.540. The van der Waals surface area contributed by atoms with Gasteiger partial charge in [-0.1, -0.05) is 23.2 Å². The van der Waals surface area contributed by atoms with Crippen molar-refractivity contribution < 1.29 is 14.3 Å². The maximum Gasteiger partial charge on any atom is 0.257 e. The summed E-state index contributed by atoms with van der Waals surface area (Å²) in [6, 6.07) is 19.5. The van der Waals surface area contributed by atoms with Crippen LogP contribution in [-0.2, 0) is 0 Å². The van der Waals surface area contributed by atoms with E-state index in [0.29, 0.717) is 58.8 Å². The van der Waals surface area contributed by atoms with Crippen molar-refractivity contribution in [1.82, 2.24) is 4.90 Å². The fraction of sp³-hybridized carbons (Fsp3) is 0.200. The summed E-state index contributed by atoms with van der Waals surface area (Å²) < 4.78 is 5.32. The fourth-order valence-electron chi connectivity index (χ4n) is 3.75. The summed E-state index contributed by atoms with van der Waals surface area (Å²) in [4.78, 5) is 29.4. The van der Waals surface area contributed by atoms with Gasteiger partial charge in [-0.05, 0) is 66.7 Å². The van der Waals surface area contributed by atoms with Gasteiger partial charge in [0, 0.05) is 53.2 Å². The number of rotatable bonds is 5. The second kappa shape index (κ2) is 10.1. The number of carbonyl (C=O) groups is 2. The Kier molecular flexibility index (Phi) is 7.06. The largest absolute Gasteiger partial charge is 0.496 e. The number of benzene rings is 3. The maximum absolute atomic E-state index is 13.0. The zero-order chi connectivity index (χ0) is 23.4. The van der Waals surface area contributed by atoms with E-state index < -0.39 is 0 Å². The monoisotopic (exact) mass is 483 g/mol. The normalized spacial score (nSPS) is 13.5. The molecule has 3 aromatic carbocycles. The van der Waals surface area contributed by atoms with Crippen LogP contribution in [0.5, 0.6) is 5.75 Å². The van der Waals surface area contributed by atoms with Crippen molar-refractivity contribution in [3.05, 3.63) is 87.9 Å². The third kappa shape index (κ3) is 5.41. The summed E-state index contributed by atoms with van der Waals surface area (Å²) >= 11 is 12.0.